The van der Waals surface area contributed by atoms with Crippen LogP contribution in [0.15, 0.2) is 36.4 Å². The lowest BCUT2D eigenvalue weighted by molar-refractivity contribution is -0.123. The first-order valence-electron chi connectivity index (χ1n) is 10.9. The van der Waals surface area contributed by atoms with Crippen LogP contribution in [0.4, 0.5) is 22.0 Å². The summed E-state index contributed by atoms with van der Waals surface area (Å²) in [6.45, 7) is -0.160. The zero-order valence-corrected chi connectivity index (χ0v) is 17.5. The second kappa shape index (κ2) is 8.13. The summed E-state index contributed by atoms with van der Waals surface area (Å²) in [5.74, 6) is -5.01. The highest BCUT2D eigenvalue weighted by atomic mass is 19.3. The molecule has 1 aliphatic carbocycles. The molecular formula is C24H22F5N3O. The molecule has 1 amide bonds. The van der Waals surface area contributed by atoms with E-state index < -0.39 is 48.3 Å². The maximum Gasteiger partial charge on any atom is 0.262 e. The van der Waals surface area contributed by atoms with Gasteiger partial charge in [0.05, 0.1) is 23.8 Å². The number of rotatable bonds is 5. The van der Waals surface area contributed by atoms with Gasteiger partial charge in [0.1, 0.15) is 17.5 Å². The number of aromatic nitrogens is 1. The van der Waals surface area contributed by atoms with Crippen LogP contribution in [0.3, 0.4) is 0 Å². The topological polar surface area (TPSA) is 56.9 Å². The Bertz CT molecular complexity index is 1200. The molecule has 1 saturated carbocycles. The molecule has 3 aromatic rings. The van der Waals surface area contributed by atoms with Gasteiger partial charge in [-0.2, -0.15) is 0 Å². The van der Waals surface area contributed by atoms with Gasteiger partial charge in [0, 0.05) is 24.4 Å². The fourth-order valence-electron chi connectivity index (χ4n) is 4.92. The first kappa shape index (κ1) is 21.9. The minimum absolute atomic E-state index is 0.0177. The van der Waals surface area contributed by atoms with E-state index in [4.69, 9.17) is 0 Å². The van der Waals surface area contributed by atoms with Gasteiger partial charge in [-0.05, 0) is 66.1 Å². The highest BCUT2D eigenvalue weighted by molar-refractivity contribution is 5.92. The van der Waals surface area contributed by atoms with Gasteiger partial charge in [-0.15, -0.1) is 0 Å². The number of benzene rings is 2. The Morgan fingerprint density at radius 1 is 1.06 bits per heavy atom. The Kier molecular flexibility index (Phi) is 5.39. The van der Waals surface area contributed by atoms with Crippen molar-refractivity contribution < 1.29 is 26.7 Å². The van der Waals surface area contributed by atoms with Gasteiger partial charge in [0.25, 0.3) is 5.92 Å². The molecular weight excluding hydrogens is 441 g/mol. The number of fused-ring (bicyclic) bond motifs is 1. The summed E-state index contributed by atoms with van der Waals surface area (Å²) in [4.78, 5) is 15.2. The summed E-state index contributed by atoms with van der Waals surface area (Å²) in [6.07, 6.45) is 0.807. The predicted molar refractivity (Wildman–Crippen MR) is 113 cm³/mol. The second-order valence-corrected chi connectivity index (χ2v) is 9.00. The van der Waals surface area contributed by atoms with Crippen molar-refractivity contribution in [3.05, 3.63) is 59.4 Å². The molecule has 1 aliphatic heterocycles. The number of amides is 1. The SMILES string of the molecule is O=C(NC[C@H]1C[C@H](c2c(-c3ccc(F)cc3)[nH]c3c(F)cc(F)cc32)C1)C1CC(F)(F)CN1. The molecule has 174 valence electrons. The van der Waals surface area contributed by atoms with Crippen molar-refractivity contribution in [3.63, 3.8) is 0 Å². The quantitative estimate of drug-likeness (QED) is 0.474. The third-order valence-electron chi connectivity index (χ3n) is 6.63. The van der Waals surface area contributed by atoms with E-state index in [1.165, 1.54) is 18.2 Å². The number of hydrogen-bond acceptors (Lipinski definition) is 2. The normalized spacial score (nSPS) is 24.1. The first-order chi connectivity index (χ1) is 15.7. The summed E-state index contributed by atoms with van der Waals surface area (Å²) >= 11 is 0. The minimum Gasteiger partial charge on any atom is -0.354 e. The number of hydrogen-bond donors (Lipinski definition) is 3. The molecule has 3 N–H and O–H groups in total. The van der Waals surface area contributed by atoms with Crippen molar-refractivity contribution >= 4 is 16.8 Å². The van der Waals surface area contributed by atoms with Crippen molar-refractivity contribution in [1.82, 2.24) is 15.6 Å². The second-order valence-electron chi connectivity index (χ2n) is 9.00. The van der Waals surface area contributed by atoms with E-state index >= 15 is 0 Å². The van der Waals surface area contributed by atoms with Crippen LogP contribution in [-0.4, -0.2) is 35.9 Å². The molecule has 2 heterocycles. The fourth-order valence-corrected chi connectivity index (χ4v) is 4.92. The van der Waals surface area contributed by atoms with E-state index in [-0.39, 0.29) is 17.4 Å². The van der Waals surface area contributed by atoms with Gasteiger partial charge >= 0.3 is 0 Å². The Balaban J connectivity index is 1.33. The lowest BCUT2D eigenvalue weighted by Crippen LogP contribution is -2.43. The molecule has 2 fully saturated rings. The van der Waals surface area contributed by atoms with Crippen LogP contribution < -0.4 is 10.6 Å². The van der Waals surface area contributed by atoms with Crippen LogP contribution in [0.5, 0.6) is 0 Å². The average Bonchev–Trinajstić information content (AvgIpc) is 3.28. The number of alkyl halides is 2. The molecule has 9 heteroatoms. The number of H-pyrrole nitrogens is 1. The zero-order valence-electron chi connectivity index (χ0n) is 17.5. The third-order valence-corrected chi connectivity index (χ3v) is 6.63. The van der Waals surface area contributed by atoms with E-state index in [0.717, 1.165) is 11.6 Å². The van der Waals surface area contributed by atoms with Gasteiger partial charge in [-0.1, -0.05) is 0 Å². The van der Waals surface area contributed by atoms with Gasteiger partial charge < -0.3 is 10.3 Å². The third kappa shape index (κ3) is 4.21. The molecule has 2 aromatic carbocycles. The zero-order chi connectivity index (χ0) is 23.3. The van der Waals surface area contributed by atoms with E-state index in [2.05, 4.69) is 15.6 Å². The number of halogens is 5. The molecule has 2 aliphatic rings. The van der Waals surface area contributed by atoms with E-state index in [0.29, 0.717) is 36.0 Å². The average molecular weight is 463 g/mol. The lowest BCUT2D eigenvalue weighted by Gasteiger charge is -2.36. The first-order valence-corrected chi connectivity index (χ1v) is 10.9. The summed E-state index contributed by atoms with van der Waals surface area (Å²) in [5, 5.41) is 5.71. The Hall–Kier alpha value is -2.94. The summed E-state index contributed by atoms with van der Waals surface area (Å²) in [7, 11) is 0. The van der Waals surface area contributed by atoms with Crippen LogP contribution in [0, 0.1) is 23.4 Å². The highest BCUT2D eigenvalue weighted by Gasteiger charge is 2.42. The molecule has 1 atom stereocenters. The largest absolute Gasteiger partial charge is 0.354 e. The molecule has 1 saturated heterocycles. The molecule has 33 heavy (non-hydrogen) atoms. The van der Waals surface area contributed by atoms with Gasteiger partial charge in [0.2, 0.25) is 5.91 Å². The maximum atomic E-state index is 14.5. The molecule has 0 bridgehead atoms. The minimum atomic E-state index is -2.87. The molecule has 4 nitrogen and oxygen atoms in total. The standard InChI is InChI=1S/C24H22F5N3O/c25-15-3-1-13(2-4-15)21-20(17-7-16(26)8-18(27)22(17)32-21)14-5-12(6-14)10-30-23(33)19-9-24(28,29)11-31-19/h1-4,7-8,12,14,19,31-32H,5-6,9-11H2,(H,30,33)/t12-,14-,19?. The smallest absolute Gasteiger partial charge is 0.262 e. The highest BCUT2D eigenvalue weighted by Crippen LogP contribution is 2.48. The van der Waals surface area contributed by atoms with Crippen LogP contribution in [0.25, 0.3) is 22.2 Å². The summed E-state index contributed by atoms with van der Waals surface area (Å²) < 4.78 is 68.5. The Labute approximate surface area is 186 Å². The van der Waals surface area contributed by atoms with E-state index in [9.17, 15) is 26.7 Å². The number of nitrogens with one attached hydrogen (secondary N) is 3. The molecule has 0 radical (unpaired) electrons. The van der Waals surface area contributed by atoms with Crippen LogP contribution >= 0.6 is 0 Å². The summed E-state index contributed by atoms with van der Waals surface area (Å²) in [5.41, 5.74) is 2.22. The van der Waals surface area contributed by atoms with E-state index in [1.54, 1.807) is 12.1 Å². The van der Waals surface area contributed by atoms with E-state index in [1.807, 2.05) is 0 Å². The fraction of sp³-hybridized carbons (Fsp3) is 0.375. The number of carbonyl (C=O) groups excluding carboxylic acids is 1. The van der Waals surface area contributed by atoms with Crippen molar-refractivity contribution in [3.8, 4) is 11.3 Å². The lowest BCUT2D eigenvalue weighted by atomic mass is 9.70. The molecule has 0 spiro atoms. The maximum absolute atomic E-state index is 14.5. The van der Waals surface area contributed by atoms with Crippen LogP contribution in [0.1, 0.15) is 30.7 Å². The van der Waals surface area contributed by atoms with Gasteiger partial charge in [-0.3, -0.25) is 10.1 Å². The van der Waals surface area contributed by atoms with Gasteiger partial charge in [0.15, 0.2) is 0 Å². The molecule has 1 unspecified atom stereocenters. The van der Waals surface area contributed by atoms with Crippen molar-refractivity contribution in [2.24, 2.45) is 5.92 Å². The molecule has 5 rings (SSSR count). The predicted octanol–water partition coefficient (Wildman–Crippen LogP) is 4.86. The summed E-state index contributed by atoms with van der Waals surface area (Å²) in [6, 6.07) is 6.98. The number of carbonyl (C=O) groups is 1. The molecule has 1 aromatic heterocycles. The van der Waals surface area contributed by atoms with Crippen LogP contribution in [0.2, 0.25) is 0 Å². The van der Waals surface area contributed by atoms with Crippen molar-refractivity contribution in [2.45, 2.75) is 37.1 Å². The Morgan fingerprint density at radius 3 is 2.45 bits per heavy atom. The van der Waals surface area contributed by atoms with Crippen molar-refractivity contribution in [2.75, 3.05) is 13.1 Å². The van der Waals surface area contributed by atoms with Crippen LogP contribution in [-0.2, 0) is 4.79 Å². The van der Waals surface area contributed by atoms with Gasteiger partial charge in [-0.25, -0.2) is 22.0 Å². The Morgan fingerprint density at radius 2 is 1.79 bits per heavy atom. The number of aromatic amines is 1. The monoisotopic (exact) mass is 463 g/mol. The van der Waals surface area contributed by atoms with Crippen molar-refractivity contribution in [1.29, 1.82) is 0 Å².